The highest BCUT2D eigenvalue weighted by molar-refractivity contribution is 5.39. The van der Waals surface area contributed by atoms with Gasteiger partial charge in [0.1, 0.15) is 17.6 Å². The molecule has 84 valence electrons. The van der Waals surface area contributed by atoms with E-state index in [0.29, 0.717) is 19.0 Å². The fourth-order valence-corrected chi connectivity index (χ4v) is 1.64. The summed E-state index contributed by atoms with van der Waals surface area (Å²) >= 11 is 0. The fourth-order valence-electron chi connectivity index (χ4n) is 1.64. The van der Waals surface area contributed by atoms with Crippen molar-refractivity contribution >= 4 is 5.82 Å². The molecule has 0 atom stereocenters. The summed E-state index contributed by atoms with van der Waals surface area (Å²) in [5, 5.41) is 11.8. The summed E-state index contributed by atoms with van der Waals surface area (Å²) in [5.41, 5.74) is -0.289. The Morgan fingerprint density at radius 3 is 3.00 bits per heavy atom. The van der Waals surface area contributed by atoms with E-state index in [0.717, 1.165) is 12.8 Å². The number of nitrogens with zero attached hydrogens (tertiary/aromatic N) is 2. The predicted molar refractivity (Wildman–Crippen MR) is 57.0 cm³/mol. The number of hydrogen-bond acceptors (Lipinski definition) is 5. The maximum Gasteiger partial charge on any atom is 0.347 e. The minimum Gasteiger partial charge on any atom is -0.381 e. The molecule has 1 aromatic rings. The lowest BCUT2D eigenvalue weighted by molar-refractivity contribution is 0.0904. The first-order chi connectivity index (χ1) is 7.78. The van der Waals surface area contributed by atoms with Crippen LogP contribution in [-0.2, 0) is 4.74 Å². The van der Waals surface area contributed by atoms with Gasteiger partial charge in [-0.15, -0.1) is 0 Å². The quantitative estimate of drug-likeness (QED) is 0.744. The smallest absolute Gasteiger partial charge is 0.347 e. The molecule has 16 heavy (non-hydrogen) atoms. The number of aromatic nitrogens is 2. The Morgan fingerprint density at radius 2 is 2.31 bits per heavy atom. The predicted octanol–water partition coefficient (Wildman–Crippen LogP) is 0.232. The van der Waals surface area contributed by atoms with Crippen molar-refractivity contribution in [3.05, 3.63) is 22.2 Å². The number of hydrogen-bond donors (Lipinski definition) is 2. The first-order valence-electron chi connectivity index (χ1n) is 5.13. The second kappa shape index (κ2) is 4.77. The summed E-state index contributed by atoms with van der Waals surface area (Å²) in [6, 6.07) is 3.68. The molecule has 0 amide bonds. The van der Waals surface area contributed by atoms with E-state index in [1.165, 1.54) is 6.07 Å². The van der Waals surface area contributed by atoms with E-state index in [1.54, 1.807) is 0 Å². The van der Waals surface area contributed by atoms with Gasteiger partial charge in [0.2, 0.25) is 0 Å². The van der Waals surface area contributed by atoms with Gasteiger partial charge in [-0.3, -0.25) is 4.98 Å². The summed E-state index contributed by atoms with van der Waals surface area (Å²) in [5.74, 6) is 0.451. The third-order valence-electron chi connectivity index (χ3n) is 2.44. The van der Waals surface area contributed by atoms with Crippen molar-refractivity contribution in [1.82, 2.24) is 9.97 Å². The Hall–Kier alpha value is -1.87. The normalized spacial score (nSPS) is 16.7. The van der Waals surface area contributed by atoms with Gasteiger partial charge in [-0.05, 0) is 12.8 Å². The topological polar surface area (TPSA) is 90.8 Å². The second-order valence-corrected chi connectivity index (χ2v) is 3.63. The van der Waals surface area contributed by atoms with Crippen molar-refractivity contribution in [3.8, 4) is 6.07 Å². The Labute approximate surface area is 92.3 Å². The van der Waals surface area contributed by atoms with E-state index >= 15 is 0 Å². The highest BCUT2D eigenvalue weighted by Gasteiger charge is 2.14. The van der Waals surface area contributed by atoms with Gasteiger partial charge >= 0.3 is 5.69 Å². The molecular weight excluding hydrogens is 208 g/mol. The SMILES string of the molecule is N#Cc1cc(NC2CCOCC2)nc(=O)[nH]1. The van der Waals surface area contributed by atoms with Crippen LogP contribution in [0.15, 0.2) is 10.9 Å². The van der Waals surface area contributed by atoms with Crippen molar-refractivity contribution in [2.45, 2.75) is 18.9 Å². The molecule has 1 aliphatic rings. The summed E-state index contributed by atoms with van der Waals surface area (Å²) in [7, 11) is 0. The molecule has 0 radical (unpaired) electrons. The molecule has 1 aliphatic heterocycles. The molecule has 0 aliphatic carbocycles. The van der Waals surface area contributed by atoms with E-state index in [2.05, 4.69) is 15.3 Å². The van der Waals surface area contributed by atoms with Crippen molar-refractivity contribution in [2.24, 2.45) is 0 Å². The Morgan fingerprint density at radius 1 is 1.56 bits per heavy atom. The largest absolute Gasteiger partial charge is 0.381 e. The van der Waals surface area contributed by atoms with Crippen LogP contribution in [0.3, 0.4) is 0 Å². The summed E-state index contributed by atoms with van der Waals surface area (Å²) < 4.78 is 5.23. The van der Waals surface area contributed by atoms with Crippen molar-refractivity contribution in [2.75, 3.05) is 18.5 Å². The Bertz CT molecular complexity index is 457. The Balaban J connectivity index is 2.11. The molecule has 0 aromatic carbocycles. The van der Waals surface area contributed by atoms with Crippen LogP contribution < -0.4 is 11.0 Å². The number of anilines is 1. The molecule has 6 heteroatoms. The van der Waals surface area contributed by atoms with Crippen molar-refractivity contribution < 1.29 is 4.74 Å². The highest BCUT2D eigenvalue weighted by atomic mass is 16.5. The molecular formula is C10H12N4O2. The average molecular weight is 220 g/mol. The lowest BCUT2D eigenvalue weighted by atomic mass is 10.1. The standard InChI is InChI=1S/C10H12N4O2/c11-6-8-5-9(14-10(15)13-8)12-7-1-3-16-4-2-7/h5,7H,1-4H2,(H2,12,13,14,15). The van der Waals surface area contributed by atoms with Gasteiger partial charge < -0.3 is 10.1 Å². The summed E-state index contributed by atoms with van der Waals surface area (Å²) in [4.78, 5) is 17.2. The van der Waals surface area contributed by atoms with E-state index < -0.39 is 5.69 Å². The number of H-pyrrole nitrogens is 1. The number of nitrogens with one attached hydrogen (secondary N) is 2. The van der Waals surface area contributed by atoms with Gasteiger partial charge in [0, 0.05) is 25.3 Å². The molecule has 0 spiro atoms. The van der Waals surface area contributed by atoms with Crippen LogP contribution in [0.1, 0.15) is 18.5 Å². The molecule has 2 heterocycles. The second-order valence-electron chi connectivity index (χ2n) is 3.63. The number of rotatable bonds is 2. The third kappa shape index (κ3) is 2.58. The molecule has 6 nitrogen and oxygen atoms in total. The van der Waals surface area contributed by atoms with E-state index in [4.69, 9.17) is 10.00 Å². The van der Waals surface area contributed by atoms with E-state index in [1.807, 2.05) is 6.07 Å². The van der Waals surface area contributed by atoms with E-state index in [9.17, 15) is 4.79 Å². The monoisotopic (exact) mass is 220 g/mol. The lowest BCUT2D eigenvalue weighted by Crippen LogP contribution is -2.29. The molecule has 0 unspecified atom stereocenters. The minimum atomic E-state index is -0.506. The average Bonchev–Trinajstić information content (AvgIpc) is 2.29. The fraction of sp³-hybridized carbons (Fsp3) is 0.500. The van der Waals surface area contributed by atoms with Gasteiger partial charge in [0.05, 0.1) is 0 Å². The van der Waals surface area contributed by atoms with Crippen LogP contribution in [0, 0.1) is 11.3 Å². The molecule has 1 saturated heterocycles. The molecule has 2 N–H and O–H groups in total. The Kier molecular flexibility index (Phi) is 3.17. The van der Waals surface area contributed by atoms with Crippen LogP contribution in [0.25, 0.3) is 0 Å². The van der Waals surface area contributed by atoms with E-state index in [-0.39, 0.29) is 11.7 Å². The molecule has 1 aromatic heterocycles. The zero-order valence-electron chi connectivity index (χ0n) is 8.69. The van der Waals surface area contributed by atoms with Crippen molar-refractivity contribution in [3.63, 3.8) is 0 Å². The van der Waals surface area contributed by atoms with Crippen molar-refractivity contribution in [1.29, 1.82) is 5.26 Å². The number of aromatic amines is 1. The lowest BCUT2D eigenvalue weighted by Gasteiger charge is -2.23. The van der Waals surface area contributed by atoms with Crippen LogP contribution in [-0.4, -0.2) is 29.2 Å². The van der Waals surface area contributed by atoms with Gasteiger partial charge in [-0.2, -0.15) is 10.2 Å². The van der Waals surface area contributed by atoms with Gasteiger partial charge in [0.25, 0.3) is 0 Å². The minimum absolute atomic E-state index is 0.217. The van der Waals surface area contributed by atoms with Crippen LogP contribution in [0.5, 0.6) is 0 Å². The molecule has 0 bridgehead atoms. The number of ether oxygens (including phenoxy) is 1. The third-order valence-corrected chi connectivity index (χ3v) is 2.44. The van der Waals surface area contributed by atoms with Crippen LogP contribution >= 0.6 is 0 Å². The number of nitriles is 1. The van der Waals surface area contributed by atoms with Crippen LogP contribution in [0.2, 0.25) is 0 Å². The molecule has 2 rings (SSSR count). The zero-order chi connectivity index (χ0) is 11.4. The van der Waals surface area contributed by atoms with Gasteiger partial charge in [0.15, 0.2) is 0 Å². The highest BCUT2D eigenvalue weighted by Crippen LogP contribution is 2.12. The van der Waals surface area contributed by atoms with Crippen LogP contribution in [0.4, 0.5) is 5.82 Å². The maximum atomic E-state index is 11.1. The molecule has 0 saturated carbocycles. The summed E-state index contributed by atoms with van der Waals surface area (Å²) in [6.45, 7) is 1.43. The first-order valence-corrected chi connectivity index (χ1v) is 5.13. The zero-order valence-corrected chi connectivity index (χ0v) is 8.69. The summed E-state index contributed by atoms with van der Waals surface area (Å²) in [6.07, 6.45) is 1.77. The molecule has 1 fully saturated rings. The maximum absolute atomic E-state index is 11.1. The van der Waals surface area contributed by atoms with Gasteiger partial charge in [-0.1, -0.05) is 0 Å². The first kappa shape index (κ1) is 10.6. The van der Waals surface area contributed by atoms with Gasteiger partial charge in [-0.25, -0.2) is 4.79 Å².